The molecule has 2 aromatic heterocycles. The largest absolute Gasteiger partial charge is 0.448 e. The maximum atomic E-state index is 5.38. The second-order valence-electron chi connectivity index (χ2n) is 5.63. The van der Waals surface area contributed by atoms with Crippen LogP contribution in [0.25, 0.3) is 11.6 Å². The van der Waals surface area contributed by atoms with Gasteiger partial charge >= 0.3 is 0 Å². The van der Waals surface area contributed by atoms with Gasteiger partial charge in [0.1, 0.15) is 5.76 Å². The monoisotopic (exact) mass is 281 g/mol. The lowest BCUT2D eigenvalue weighted by Crippen LogP contribution is -2.11. The molecule has 2 heterocycles. The Labute approximate surface area is 122 Å². The first-order valence-electron chi connectivity index (χ1n) is 7.01. The third kappa shape index (κ3) is 1.88. The number of benzene rings is 1. The number of hydrogen-bond donors (Lipinski definition) is 0. The summed E-state index contributed by atoms with van der Waals surface area (Å²) in [5.41, 5.74) is 3.03. The SMILES string of the molecule is Cc1cccc(C2(c3noc(-c4ncoc4C)n3)CC2)c1. The van der Waals surface area contributed by atoms with E-state index >= 15 is 0 Å². The van der Waals surface area contributed by atoms with Gasteiger partial charge in [-0.15, -0.1) is 0 Å². The van der Waals surface area contributed by atoms with Crippen molar-refractivity contribution < 1.29 is 8.94 Å². The molecule has 1 saturated carbocycles. The average molecular weight is 281 g/mol. The molecule has 1 aliphatic carbocycles. The summed E-state index contributed by atoms with van der Waals surface area (Å²) in [6.07, 6.45) is 3.49. The summed E-state index contributed by atoms with van der Waals surface area (Å²) in [6, 6.07) is 8.51. The lowest BCUT2D eigenvalue weighted by molar-refractivity contribution is 0.416. The predicted molar refractivity (Wildman–Crippen MR) is 75.7 cm³/mol. The van der Waals surface area contributed by atoms with Crippen LogP contribution in [0.4, 0.5) is 0 Å². The molecule has 0 amide bonds. The quantitative estimate of drug-likeness (QED) is 0.736. The molecule has 0 bridgehead atoms. The third-order valence-electron chi connectivity index (χ3n) is 4.12. The van der Waals surface area contributed by atoms with E-state index in [-0.39, 0.29) is 5.41 Å². The summed E-state index contributed by atoms with van der Waals surface area (Å²) >= 11 is 0. The van der Waals surface area contributed by atoms with Crippen molar-refractivity contribution in [1.29, 1.82) is 0 Å². The lowest BCUT2D eigenvalue weighted by atomic mass is 9.94. The Morgan fingerprint density at radius 2 is 2.05 bits per heavy atom. The lowest BCUT2D eigenvalue weighted by Gasteiger charge is -2.11. The number of rotatable bonds is 3. The van der Waals surface area contributed by atoms with Crippen LogP contribution in [0.5, 0.6) is 0 Å². The van der Waals surface area contributed by atoms with Gasteiger partial charge in [0.2, 0.25) is 0 Å². The molecule has 0 N–H and O–H groups in total. The van der Waals surface area contributed by atoms with Crippen molar-refractivity contribution >= 4 is 0 Å². The molecular formula is C16H15N3O2. The van der Waals surface area contributed by atoms with Gasteiger partial charge < -0.3 is 8.94 Å². The fourth-order valence-corrected chi connectivity index (χ4v) is 2.73. The molecule has 1 aliphatic rings. The summed E-state index contributed by atoms with van der Waals surface area (Å²) in [6.45, 7) is 3.93. The molecule has 0 spiro atoms. The van der Waals surface area contributed by atoms with E-state index in [1.165, 1.54) is 17.5 Å². The van der Waals surface area contributed by atoms with Crippen molar-refractivity contribution in [3.8, 4) is 11.6 Å². The Hall–Kier alpha value is -2.43. The third-order valence-corrected chi connectivity index (χ3v) is 4.12. The molecule has 4 rings (SSSR count). The summed E-state index contributed by atoms with van der Waals surface area (Å²) in [5, 5.41) is 4.19. The zero-order chi connectivity index (χ0) is 14.4. The topological polar surface area (TPSA) is 65.0 Å². The minimum atomic E-state index is -0.0919. The molecule has 3 aromatic rings. The highest BCUT2D eigenvalue weighted by atomic mass is 16.5. The highest BCUT2D eigenvalue weighted by Gasteiger charge is 2.50. The molecule has 1 fully saturated rings. The standard InChI is InChI=1S/C16H15N3O2/c1-10-4-3-5-12(8-10)16(6-7-16)15-18-14(21-19-15)13-11(2)20-9-17-13/h3-5,8-9H,6-7H2,1-2H3. The van der Waals surface area contributed by atoms with Crippen molar-refractivity contribution in [2.24, 2.45) is 0 Å². The Bertz CT molecular complexity index is 799. The van der Waals surface area contributed by atoms with Gasteiger partial charge in [0.25, 0.3) is 5.89 Å². The van der Waals surface area contributed by atoms with Gasteiger partial charge in [0.15, 0.2) is 17.9 Å². The van der Waals surface area contributed by atoms with Gasteiger partial charge in [-0.25, -0.2) is 4.98 Å². The minimum Gasteiger partial charge on any atom is -0.448 e. The number of oxazole rings is 1. The van der Waals surface area contributed by atoms with Crippen LogP contribution in [0.15, 0.2) is 39.6 Å². The summed E-state index contributed by atoms with van der Waals surface area (Å²) in [4.78, 5) is 8.68. The zero-order valence-corrected chi connectivity index (χ0v) is 12.0. The van der Waals surface area contributed by atoms with Gasteiger partial charge in [-0.3, -0.25) is 0 Å². The second kappa shape index (κ2) is 4.28. The predicted octanol–water partition coefficient (Wildman–Crippen LogP) is 3.42. The van der Waals surface area contributed by atoms with Crippen molar-refractivity contribution in [2.45, 2.75) is 32.1 Å². The maximum Gasteiger partial charge on any atom is 0.280 e. The molecule has 5 heteroatoms. The van der Waals surface area contributed by atoms with Crippen LogP contribution in [-0.2, 0) is 5.41 Å². The average Bonchev–Trinajstić information content (AvgIpc) is 2.94. The normalized spacial score (nSPS) is 16.1. The summed E-state index contributed by atoms with van der Waals surface area (Å²) < 4.78 is 10.6. The highest BCUT2D eigenvalue weighted by Crippen LogP contribution is 2.52. The minimum absolute atomic E-state index is 0.0919. The van der Waals surface area contributed by atoms with Gasteiger partial charge in [-0.1, -0.05) is 35.0 Å². The fourth-order valence-electron chi connectivity index (χ4n) is 2.73. The van der Waals surface area contributed by atoms with Crippen molar-refractivity contribution in [3.63, 3.8) is 0 Å². The van der Waals surface area contributed by atoms with Crippen molar-refractivity contribution in [1.82, 2.24) is 15.1 Å². The summed E-state index contributed by atoms with van der Waals surface area (Å²) in [5.74, 6) is 1.85. The molecule has 1 aromatic carbocycles. The van der Waals surface area contributed by atoms with Gasteiger partial charge in [-0.05, 0) is 32.3 Å². The number of hydrogen-bond acceptors (Lipinski definition) is 5. The van der Waals surface area contributed by atoms with E-state index in [9.17, 15) is 0 Å². The van der Waals surface area contributed by atoms with E-state index in [2.05, 4.69) is 46.3 Å². The molecule has 21 heavy (non-hydrogen) atoms. The Kier molecular flexibility index (Phi) is 2.51. The van der Waals surface area contributed by atoms with Gasteiger partial charge in [-0.2, -0.15) is 4.98 Å². The molecule has 0 atom stereocenters. The van der Waals surface area contributed by atoms with Crippen molar-refractivity contribution in [2.75, 3.05) is 0 Å². The first-order valence-corrected chi connectivity index (χ1v) is 7.01. The Balaban J connectivity index is 1.75. The van der Waals surface area contributed by atoms with E-state index < -0.39 is 0 Å². The maximum absolute atomic E-state index is 5.38. The highest BCUT2D eigenvalue weighted by molar-refractivity contribution is 5.50. The van der Waals surface area contributed by atoms with Crippen LogP contribution in [0.3, 0.4) is 0 Å². The van der Waals surface area contributed by atoms with E-state index in [0.29, 0.717) is 17.3 Å². The molecule has 5 nitrogen and oxygen atoms in total. The Morgan fingerprint density at radius 1 is 1.19 bits per heavy atom. The molecule has 0 aliphatic heterocycles. The molecule has 0 radical (unpaired) electrons. The first kappa shape index (κ1) is 12.3. The molecule has 106 valence electrons. The second-order valence-corrected chi connectivity index (χ2v) is 5.63. The number of nitrogens with zero attached hydrogens (tertiary/aromatic N) is 3. The van der Waals surface area contributed by atoms with Crippen LogP contribution in [-0.4, -0.2) is 15.1 Å². The van der Waals surface area contributed by atoms with Crippen LogP contribution >= 0.6 is 0 Å². The number of aromatic nitrogens is 3. The smallest absolute Gasteiger partial charge is 0.280 e. The summed E-state index contributed by atoms with van der Waals surface area (Å²) in [7, 11) is 0. The van der Waals surface area contributed by atoms with Crippen LogP contribution < -0.4 is 0 Å². The van der Waals surface area contributed by atoms with E-state index in [1.54, 1.807) is 0 Å². The van der Waals surface area contributed by atoms with Crippen LogP contribution in [0.1, 0.15) is 35.6 Å². The van der Waals surface area contributed by atoms with Crippen molar-refractivity contribution in [3.05, 3.63) is 53.4 Å². The van der Waals surface area contributed by atoms with Gasteiger partial charge in [0, 0.05) is 0 Å². The van der Waals surface area contributed by atoms with E-state index in [1.807, 2.05) is 6.92 Å². The van der Waals surface area contributed by atoms with Gasteiger partial charge in [0.05, 0.1) is 5.41 Å². The molecular weight excluding hydrogens is 266 g/mol. The zero-order valence-electron chi connectivity index (χ0n) is 12.0. The molecule has 0 saturated heterocycles. The van der Waals surface area contributed by atoms with Crippen LogP contribution in [0.2, 0.25) is 0 Å². The van der Waals surface area contributed by atoms with E-state index in [4.69, 9.17) is 8.94 Å². The Morgan fingerprint density at radius 3 is 2.71 bits per heavy atom. The van der Waals surface area contributed by atoms with Crippen LogP contribution in [0, 0.1) is 13.8 Å². The first-order chi connectivity index (χ1) is 10.2. The number of aryl methyl sites for hydroxylation is 2. The fraction of sp³-hybridized carbons (Fsp3) is 0.312. The molecule has 0 unspecified atom stereocenters. The van der Waals surface area contributed by atoms with E-state index in [0.717, 1.165) is 18.7 Å².